The van der Waals surface area contributed by atoms with Crippen molar-refractivity contribution in [3.8, 4) is 0 Å². The number of hydrogen-bond donors (Lipinski definition) is 7. The Kier molecular flexibility index (Phi) is 16.5. The van der Waals surface area contributed by atoms with Gasteiger partial charge in [-0.05, 0) is 37.0 Å². The van der Waals surface area contributed by atoms with Crippen molar-refractivity contribution in [3.63, 3.8) is 0 Å². The summed E-state index contributed by atoms with van der Waals surface area (Å²) in [6, 6.07) is -1.16. The lowest BCUT2D eigenvalue weighted by atomic mass is 9.75. The van der Waals surface area contributed by atoms with Crippen LogP contribution in [-0.2, 0) is 14.8 Å². The minimum absolute atomic E-state index is 0.0493. The molecule has 0 radical (unpaired) electrons. The number of nitrogens with zero attached hydrogens (tertiary/aromatic N) is 2. The van der Waals surface area contributed by atoms with Crippen LogP contribution in [0, 0.1) is 10.8 Å². The van der Waals surface area contributed by atoms with E-state index in [-0.39, 0.29) is 37.0 Å². The summed E-state index contributed by atoms with van der Waals surface area (Å²) in [6.07, 6.45) is 6.00. The van der Waals surface area contributed by atoms with Gasteiger partial charge in [0, 0.05) is 6.54 Å². The molecule has 1 amide bonds. The fourth-order valence-corrected chi connectivity index (χ4v) is 4.63. The van der Waals surface area contributed by atoms with Crippen LogP contribution in [0.3, 0.4) is 0 Å². The number of carbonyl (C=O) groups excluding carboxylic acids is 1. The number of nitrogens with one attached hydrogen (secondary N) is 3. The summed E-state index contributed by atoms with van der Waals surface area (Å²) in [5.41, 5.74) is 7.19. The van der Waals surface area contributed by atoms with Gasteiger partial charge >= 0.3 is 12.2 Å². The predicted octanol–water partition coefficient (Wildman–Crippen LogP) is -0.0546. The number of nitrogens with two attached hydrogens (primary N) is 1. The normalized spacial score (nSPS) is 14.0. The van der Waals surface area contributed by atoms with Gasteiger partial charge in [-0.25, -0.2) is 23.3 Å². The number of amides is 1. The molecule has 0 aliphatic heterocycles. The third kappa shape index (κ3) is 16.6. The van der Waals surface area contributed by atoms with Crippen LogP contribution in [0.15, 0.2) is 4.99 Å². The first-order valence-electron chi connectivity index (χ1n) is 11.8. The van der Waals surface area contributed by atoms with Crippen molar-refractivity contribution in [1.29, 1.82) is 0 Å². The molecule has 15 heteroatoms. The number of carbonyl (C=O) groups is 1. The first-order valence-corrected chi connectivity index (χ1v) is 13.4. The van der Waals surface area contributed by atoms with Crippen LogP contribution in [0.25, 0.3) is 0 Å². The van der Waals surface area contributed by atoms with Crippen LogP contribution in [0.4, 0.5) is 0 Å². The van der Waals surface area contributed by atoms with Crippen LogP contribution in [0.5, 0.6) is 0 Å². The van der Waals surface area contributed by atoms with E-state index in [9.17, 15) is 28.2 Å². The number of unbranched alkanes of at least 4 members (excludes halogenated alkanes) is 5. The maximum absolute atomic E-state index is 12.8. The highest BCUT2D eigenvalue weighted by Crippen LogP contribution is 2.10. The van der Waals surface area contributed by atoms with Crippen molar-refractivity contribution in [2.45, 2.75) is 90.5 Å². The lowest BCUT2D eigenvalue weighted by Gasteiger charge is -2.24. The molecule has 0 aromatic rings. The Bertz CT molecular complexity index is 737. The second-order valence-electron chi connectivity index (χ2n) is 8.71. The van der Waals surface area contributed by atoms with Crippen LogP contribution in [0.2, 0.25) is 0 Å². The highest BCUT2D eigenvalue weighted by molar-refractivity contribution is 7.89. The Labute approximate surface area is 202 Å². The molecule has 0 unspecified atom stereocenters. The summed E-state index contributed by atoms with van der Waals surface area (Å²) in [7, 11) is -5.55. The Morgan fingerprint density at radius 1 is 1.12 bits per heavy atom. The molecule has 0 fully saturated rings. The monoisotopic (exact) mass is 509 g/mol. The molecular formula is C19H42BN6O7S+. The van der Waals surface area contributed by atoms with Crippen LogP contribution in [0.1, 0.15) is 78.6 Å². The third-order valence-corrected chi connectivity index (χ3v) is 6.43. The minimum atomic E-state index is -3.76. The number of hydrogen-bond acceptors (Lipinski definition) is 7. The van der Waals surface area contributed by atoms with E-state index < -0.39 is 40.1 Å². The molecule has 0 bridgehead atoms. The maximum atomic E-state index is 12.8. The average Bonchev–Trinajstić information content (AvgIpc) is 2.71. The van der Waals surface area contributed by atoms with Crippen LogP contribution >= 0.6 is 0 Å². The molecule has 34 heavy (non-hydrogen) atoms. The van der Waals surface area contributed by atoms with Crippen molar-refractivity contribution >= 4 is 29.0 Å². The van der Waals surface area contributed by atoms with Crippen molar-refractivity contribution < 1.29 is 33.5 Å². The van der Waals surface area contributed by atoms with Gasteiger partial charge in [-0.2, -0.15) is 0 Å². The van der Waals surface area contributed by atoms with E-state index in [1.807, 2.05) is 13.8 Å². The SMILES string of the molecule is CCCCCCCCS(=O)(=O)N[C@@H](CCCN=C(N)N[N+](=O)O)C(=O)N[C@@H](CC(C)C)B(O)O. The lowest BCUT2D eigenvalue weighted by molar-refractivity contribution is -0.822. The molecule has 0 saturated heterocycles. The zero-order valence-electron chi connectivity index (χ0n) is 20.4. The van der Waals surface area contributed by atoms with E-state index in [1.165, 1.54) is 0 Å². The van der Waals surface area contributed by atoms with Crippen molar-refractivity contribution in [3.05, 3.63) is 4.91 Å². The fourth-order valence-electron chi connectivity index (χ4n) is 3.27. The molecule has 0 aromatic heterocycles. The van der Waals surface area contributed by atoms with Gasteiger partial charge in [0.1, 0.15) is 10.9 Å². The van der Waals surface area contributed by atoms with E-state index in [2.05, 4.69) is 22.0 Å². The maximum Gasteiger partial charge on any atom is 0.475 e. The number of rotatable bonds is 19. The van der Waals surface area contributed by atoms with Gasteiger partial charge in [0.05, 0.1) is 11.7 Å². The summed E-state index contributed by atoms with van der Waals surface area (Å²) < 4.78 is 27.6. The topological polar surface area (TPSA) is 206 Å². The van der Waals surface area contributed by atoms with E-state index in [1.54, 1.807) is 5.43 Å². The van der Waals surface area contributed by atoms with Gasteiger partial charge in [-0.15, -0.1) is 0 Å². The van der Waals surface area contributed by atoms with Gasteiger partial charge in [-0.3, -0.25) is 4.79 Å². The van der Waals surface area contributed by atoms with Crippen LogP contribution in [-0.4, -0.2) is 72.0 Å². The van der Waals surface area contributed by atoms with E-state index in [0.29, 0.717) is 12.8 Å². The first-order chi connectivity index (χ1) is 15.9. The lowest BCUT2D eigenvalue weighted by Crippen LogP contribution is -2.54. The molecule has 13 nitrogen and oxygen atoms in total. The fraction of sp³-hybridized carbons (Fsp3) is 0.895. The van der Waals surface area contributed by atoms with Crippen molar-refractivity contribution in [2.75, 3.05) is 12.3 Å². The van der Waals surface area contributed by atoms with E-state index in [0.717, 1.165) is 32.1 Å². The molecule has 0 heterocycles. The summed E-state index contributed by atoms with van der Waals surface area (Å²) in [6.45, 7) is 5.86. The van der Waals surface area contributed by atoms with E-state index >= 15 is 0 Å². The zero-order valence-corrected chi connectivity index (χ0v) is 21.3. The van der Waals surface area contributed by atoms with Crippen molar-refractivity contribution in [2.24, 2.45) is 16.6 Å². The Morgan fingerprint density at radius 2 is 1.74 bits per heavy atom. The van der Waals surface area contributed by atoms with Gasteiger partial charge in [0.25, 0.3) is 5.96 Å². The number of guanidine groups is 1. The smallest absolute Gasteiger partial charge is 0.426 e. The zero-order chi connectivity index (χ0) is 26.1. The molecular weight excluding hydrogens is 467 g/mol. The Morgan fingerprint density at radius 3 is 2.29 bits per heavy atom. The number of hydrazine groups is 1. The molecule has 0 aliphatic rings. The molecule has 0 aliphatic carbocycles. The standard InChI is InChI=1S/C19H41BN6O7S/c1-4-5-6-7-8-9-13-34(32,33)25-16(11-10-12-22-19(21)24-26(30)31)18(27)23-17(20(28)29)14-15(2)3/h15-17,25,28-29H,4-14H2,1-3H3,(H4-,21,22,23,24,27,30,31)/p+1/t16-,17-/m0/s1. The van der Waals surface area contributed by atoms with E-state index in [4.69, 9.17) is 10.9 Å². The average molecular weight is 509 g/mol. The van der Waals surface area contributed by atoms with Crippen LogP contribution < -0.4 is 21.2 Å². The molecule has 0 rings (SSSR count). The van der Waals surface area contributed by atoms with Gasteiger partial charge in [0.15, 0.2) is 0 Å². The second kappa shape index (κ2) is 17.5. The molecule has 0 aromatic carbocycles. The highest BCUT2D eigenvalue weighted by atomic mass is 32.2. The van der Waals surface area contributed by atoms with Gasteiger partial charge in [-0.1, -0.05) is 52.9 Å². The summed E-state index contributed by atoms with van der Waals surface area (Å²) in [5, 5.41) is 29.6. The second-order valence-corrected chi connectivity index (χ2v) is 10.6. The molecule has 8 N–H and O–H groups in total. The molecule has 2 atom stereocenters. The third-order valence-electron chi connectivity index (χ3n) is 4.96. The quantitative estimate of drug-likeness (QED) is 0.0409. The summed E-state index contributed by atoms with van der Waals surface area (Å²) in [5.74, 6) is -2.04. The predicted molar refractivity (Wildman–Crippen MR) is 130 cm³/mol. The summed E-state index contributed by atoms with van der Waals surface area (Å²) >= 11 is 0. The number of sulfonamides is 1. The first kappa shape index (κ1) is 32.0. The molecule has 0 saturated carbocycles. The van der Waals surface area contributed by atoms with Crippen molar-refractivity contribution in [1.82, 2.24) is 15.5 Å². The highest BCUT2D eigenvalue weighted by Gasteiger charge is 2.30. The summed E-state index contributed by atoms with van der Waals surface area (Å²) in [4.78, 5) is 27.1. The van der Waals surface area contributed by atoms with Gasteiger partial charge in [0.2, 0.25) is 15.9 Å². The Balaban J connectivity index is 5.12. The number of aliphatic imine (C=N–C) groups is 1. The minimum Gasteiger partial charge on any atom is -0.426 e. The Hall–Kier alpha value is -1.97. The van der Waals surface area contributed by atoms with Gasteiger partial charge < -0.3 is 21.1 Å². The molecule has 198 valence electrons. The largest absolute Gasteiger partial charge is 0.475 e. The molecule has 0 spiro atoms.